The van der Waals surface area contributed by atoms with Gasteiger partial charge in [0.1, 0.15) is 11.3 Å². The van der Waals surface area contributed by atoms with Crippen molar-refractivity contribution in [1.82, 2.24) is 14.5 Å². The molecule has 0 radical (unpaired) electrons. The van der Waals surface area contributed by atoms with Crippen LogP contribution in [0.2, 0.25) is 0 Å². The maximum absolute atomic E-state index is 9.76. The molecular weight excluding hydrogens is 416 g/mol. The zero-order valence-corrected chi connectivity index (χ0v) is 20.0. The molecular formula is C30H28N4. The number of fused-ring (bicyclic) bond motifs is 3. The Balaban J connectivity index is 1.46. The number of rotatable bonds is 3. The monoisotopic (exact) mass is 444 g/mol. The Kier molecular flexibility index (Phi) is 4.88. The van der Waals surface area contributed by atoms with Gasteiger partial charge in [0, 0.05) is 22.8 Å². The number of aromatic nitrogens is 3. The van der Waals surface area contributed by atoms with Gasteiger partial charge in [-0.1, -0.05) is 42.5 Å². The first-order valence-corrected chi connectivity index (χ1v) is 12.2. The van der Waals surface area contributed by atoms with Gasteiger partial charge < -0.3 is 4.57 Å². The van der Waals surface area contributed by atoms with Crippen molar-refractivity contribution in [1.29, 1.82) is 5.26 Å². The summed E-state index contributed by atoms with van der Waals surface area (Å²) in [4.78, 5) is 9.94. The van der Waals surface area contributed by atoms with E-state index in [2.05, 4.69) is 73.0 Å². The molecule has 6 rings (SSSR count). The van der Waals surface area contributed by atoms with E-state index in [1.165, 1.54) is 52.0 Å². The van der Waals surface area contributed by atoms with Crippen molar-refractivity contribution in [2.75, 3.05) is 0 Å². The summed E-state index contributed by atoms with van der Waals surface area (Å²) in [5, 5.41) is 9.76. The first kappa shape index (κ1) is 20.9. The summed E-state index contributed by atoms with van der Waals surface area (Å²) in [7, 11) is 0. The number of allylic oxidation sites excluding steroid dienone is 1. The molecule has 2 aliphatic rings. The molecule has 1 fully saturated rings. The summed E-state index contributed by atoms with van der Waals surface area (Å²) in [6.45, 7) is 6.91. The third-order valence-electron chi connectivity index (χ3n) is 7.27. The van der Waals surface area contributed by atoms with Gasteiger partial charge in [0.05, 0.1) is 12.6 Å². The molecule has 2 heterocycles. The summed E-state index contributed by atoms with van der Waals surface area (Å²) in [6.07, 6.45) is 4.38. The van der Waals surface area contributed by atoms with Gasteiger partial charge in [-0.2, -0.15) is 5.26 Å². The molecule has 4 heteroatoms. The molecule has 0 atom stereocenters. The smallest absolute Gasteiger partial charge is 0.160 e. The van der Waals surface area contributed by atoms with Crippen LogP contribution in [-0.4, -0.2) is 14.5 Å². The molecule has 4 nitrogen and oxygen atoms in total. The van der Waals surface area contributed by atoms with E-state index in [1.807, 2.05) is 6.92 Å². The van der Waals surface area contributed by atoms with Crippen LogP contribution >= 0.6 is 0 Å². The zero-order chi connectivity index (χ0) is 23.4. The molecule has 2 aromatic carbocycles. The summed E-state index contributed by atoms with van der Waals surface area (Å²) < 4.78 is 2.34. The quantitative estimate of drug-likeness (QED) is 0.343. The Labute approximate surface area is 200 Å². The van der Waals surface area contributed by atoms with Gasteiger partial charge in [-0.25, -0.2) is 9.97 Å². The minimum Gasteiger partial charge on any atom is -0.308 e. The number of hydrogen-bond acceptors (Lipinski definition) is 3. The summed E-state index contributed by atoms with van der Waals surface area (Å²) in [5.74, 6) is 1.73. The molecule has 2 aliphatic carbocycles. The van der Waals surface area contributed by atoms with E-state index in [9.17, 15) is 5.26 Å². The first-order valence-electron chi connectivity index (χ1n) is 12.2. The second-order valence-corrected chi connectivity index (χ2v) is 9.84. The maximum Gasteiger partial charge on any atom is 0.160 e. The predicted molar refractivity (Wildman–Crippen MR) is 136 cm³/mol. The van der Waals surface area contributed by atoms with Crippen molar-refractivity contribution >= 4 is 16.7 Å². The summed E-state index contributed by atoms with van der Waals surface area (Å²) in [5.41, 5.74) is 12.4. The van der Waals surface area contributed by atoms with Gasteiger partial charge in [0.15, 0.2) is 5.65 Å². The van der Waals surface area contributed by atoms with E-state index in [-0.39, 0.29) is 0 Å². The van der Waals surface area contributed by atoms with Crippen molar-refractivity contribution in [2.24, 2.45) is 0 Å². The normalized spacial score (nSPS) is 16.5. The lowest BCUT2D eigenvalue weighted by Gasteiger charge is -2.15. The van der Waals surface area contributed by atoms with E-state index < -0.39 is 0 Å². The largest absolute Gasteiger partial charge is 0.308 e. The van der Waals surface area contributed by atoms with E-state index in [4.69, 9.17) is 9.97 Å². The fourth-order valence-corrected chi connectivity index (χ4v) is 5.46. The number of benzene rings is 2. The van der Waals surface area contributed by atoms with E-state index in [0.29, 0.717) is 5.92 Å². The van der Waals surface area contributed by atoms with Gasteiger partial charge in [0.25, 0.3) is 0 Å². The highest BCUT2D eigenvalue weighted by Gasteiger charge is 2.30. The standard InChI is InChI=1S/C30H28N4/c1-18-14-20(3)32-30-28(18)33-29(23-10-11-23)34(30)17-21-8-13-26-24(15-21)12-9-22-6-4-5-7-25(22)27(26)19(2)16-31/h4-8,13-15,23H,9-12,17H2,1-3H3. The third kappa shape index (κ3) is 3.44. The summed E-state index contributed by atoms with van der Waals surface area (Å²) >= 11 is 0. The van der Waals surface area contributed by atoms with Crippen LogP contribution < -0.4 is 0 Å². The summed E-state index contributed by atoms with van der Waals surface area (Å²) in [6, 6.07) is 19.9. The van der Waals surface area contributed by atoms with Crippen LogP contribution in [0.4, 0.5) is 0 Å². The minimum atomic E-state index is 0.553. The molecule has 0 spiro atoms. The Morgan fingerprint density at radius 2 is 1.76 bits per heavy atom. The van der Waals surface area contributed by atoms with Gasteiger partial charge >= 0.3 is 0 Å². The van der Waals surface area contributed by atoms with Gasteiger partial charge in [-0.3, -0.25) is 0 Å². The van der Waals surface area contributed by atoms with Crippen LogP contribution in [0.5, 0.6) is 0 Å². The molecule has 0 N–H and O–H groups in total. The van der Waals surface area contributed by atoms with Crippen molar-refractivity contribution in [3.05, 3.63) is 99.0 Å². The Bertz CT molecular complexity index is 1530. The lowest BCUT2D eigenvalue weighted by Crippen LogP contribution is -2.07. The molecule has 34 heavy (non-hydrogen) atoms. The topological polar surface area (TPSA) is 54.5 Å². The van der Waals surface area contributed by atoms with E-state index >= 15 is 0 Å². The highest BCUT2D eigenvalue weighted by Crippen LogP contribution is 2.41. The Morgan fingerprint density at radius 1 is 1.00 bits per heavy atom. The number of aryl methyl sites for hydroxylation is 4. The van der Waals surface area contributed by atoms with E-state index in [0.717, 1.165) is 47.4 Å². The zero-order valence-electron chi connectivity index (χ0n) is 20.0. The lowest BCUT2D eigenvalue weighted by molar-refractivity contribution is 0.738. The van der Waals surface area contributed by atoms with Crippen molar-refractivity contribution in [2.45, 2.75) is 58.9 Å². The Hall–Kier alpha value is -3.71. The lowest BCUT2D eigenvalue weighted by atomic mass is 9.90. The minimum absolute atomic E-state index is 0.553. The van der Waals surface area contributed by atoms with Crippen LogP contribution in [-0.2, 0) is 19.4 Å². The van der Waals surface area contributed by atoms with Crippen LogP contribution in [0.15, 0.2) is 54.1 Å². The number of pyridine rings is 1. The fraction of sp³-hybridized carbons (Fsp3) is 0.300. The first-order chi connectivity index (χ1) is 16.5. The average Bonchev–Trinajstić information content (AvgIpc) is 3.63. The third-order valence-corrected chi connectivity index (χ3v) is 7.27. The highest BCUT2D eigenvalue weighted by atomic mass is 15.1. The molecule has 2 aromatic heterocycles. The second kappa shape index (κ2) is 7.95. The maximum atomic E-state index is 9.76. The molecule has 4 aromatic rings. The number of imidazole rings is 1. The molecule has 0 saturated heterocycles. The second-order valence-electron chi connectivity index (χ2n) is 9.84. The number of nitrogens with zero attached hydrogens (tertiary/aromatic N) is 4. The fourth-order valence-electron chi connectivity index (χ4n) is 5.46. The highest BCUT2D eigenvalue weighted by molar-refractivity contribution is 5.87. The van der Waals surface area contributed by atoms with Gasteiger partial charge in [-0.05, 0) is 85.9 Å². The van der Waals surface area contributed by atoms with Crippen molar-refractivity contribution in [3.8, 4) is 6.07 Å². The molecule has 0 unspecified atom stereocenters. The van der Waals surface area contributed by atoms with Gasteiger partial charge in [-0.15, -0.1) is 0 Å². The van der Waals surface area contributed by atoms with Crippen LogP contribution in [0, 0.1) is 25.2 Å². The van der Waals surface area contributed by atoms with Crippen LogP contribution in [0.1, 0.15) is 70.6 Å². The molecule has 0 bridgehead atoms. The Morgan fingerprint density at radius 3 is 2.56 bits per heavy atom. The van der Waals surface area contributed by atoms with Crippen LogP contribution in [0.25, 0.3) is 16.7 Å². The molecule has 0 aliphatic heterocycles. The predicted octanol–water partition coefficient (Wildman–Crippen LogP) is 6.42. The average molecular weight is 445 g/mol. The molecule has 1 saturated carbocycles. The van der Waals surface area contributed by atoms with Crippen molar-refractivity contribution < 1.29 is 0 Å². The SMILES string of the molecule is CC(C#N)=C1c2ccccc2CCc2cc(Cn3c(C4CC4)nc4c(C)cc(C)nc43)ccc21. The van der Waals surface area contributed by atoms with Crippen LogP contribution in [0.3, 0.4) is 0 Å². The molecule has 168 valence electrons. The van der Waals surface area contributed by atoms with Crippen molar-refractivity contribution in [3.63, 3.8) is 0 Å². The van der Waals surface area contributed by atoms with E-state index in [1.54, 1.807) is 0 Å². The van der Waals surface area contributed by atoms with Gasteiger partial charge in [0.2, 0.25) is 0 Å². The molecule has 0 amide bonds. The number of hydrogen-bond donors (Lipinski definition) is 0. The number of nitriles is 1.